The van der Waals surface area contributed by atoms with Crippen molar-refractivity contribution < 1.29 is 18.7 Å². The van der Waals surface area contributed by atoms with Gasteiger partial charge in [0.1, 0.15) is 0 Å². The number of carbonyl (C=O) groups is 1. The fraction of sp³-hybridized carbons (Fsp3) is 0.382. The second-order valence-corrected chi connectivity index (χ2v) is 13.3. The third kappa shape index (κ3) is 6.30. The van der Waals surface area contributed by atoms with Crippen LogP contribution in [0.25, 0.3) is 22.3 Å². The molecule has 0 saturated carbocycles. The van der Waals surface area contributed by atoms with Gasteiger partial charge >= 0.3 is 240 Å². The number of rotatable bonds is 10. The van der Waals surface area contributed by atoms with Gasteiger partial charge in [0, 0.05) is 0 Å². The molecule has 0 radical (unpaired) electrons. The van der Waals surface area contributed by atoms with Crippen LogP contribution in [-0.2, 0) is 16.1 Å². The first-order valence-electron chi connectivity index (χ1n) is 15.5. The van der Waals surface area contributed by atoms with E-state index in [4.69, 9.17) is 14.6 Å². The number of ether oxygens (including phenoxy) is 2. The van der Waals surface area contributed by atoms with Crippen molar-refractivity contribution in [3.63, 3.8) is 0 Å². The summed E-state index contributed by atoms with van der Waals surface area (Å²) in [6.45, 7) is 9.10. The van der Waals surface area contributed by atoms with Gasteiger partial charge in [-0.2, -0.15) is 0 Å². The molecule has 12 heteroatoms. The van der Waals surface area contributed by atoms with Crippen LogP contribution in [0.15, 0.2) is 66.5 Å². The fourth-order valence-corrected chi connectivity index (χ4v) is 7.18. The summed E-state index contributed by atoms with van der Waals surface area (Å²) in [7, 11) is 0. The van der Waals surface area contributed by atoms with Crippen molar-refractivity contribution in [3.05, 3.63) is 72.3 Å². The van der Waals surface area contributed by atoms with Crippen molar-refractivity contribution in [1.82, 2.24) is 29.5 Å². The van der Waals surface area contributed by atoms with Crippen molar-refractivity contribution in [2.24, 2.45) is 0 Å². The van der Waals surface area contributed by atoms with E-state index in [0.29, 0.717) is 60.1 Å². The summed E-state index contributed by atoms with van der Waals surface area (Å²) in [5.41, 5.74) is 0.947. The van der Waals surface area contributed by atoms with E-state index in [1.165, 1.54) is 29.2 Å². The van der Waals surface area contributed by atoms with Gasteiger partial charge in [-0.3, -0.25) is 0 Å². The molecule has 10 nitrogen and oxygen atoms in total. The van der Waals surface area contributed by atoms with E-state index in [9.17, 15) is 10.1 Å². The van der Waals surface area contributed by atoms with E-state index in [1.807, 2.05) is 44.2 Å². The molecule has 0 aliphatic carbocycles. The summed E-state index contributed by atoms with van der Waals surface area (Å²) in [5.74, 6) is 0.223. The van der Waals surface area contributed by atoms with Crippen molar-refractivity contribution in [2.45, 2.75) is 57.8 Å². The van der Waals surface area contributed by atoms with Crippen molar-refractivity contribution in [2.75, 3.05) is 26.3 Å². The number of likely N-dealkylation sites (N-methyl/N-ethyl adjacent to an activating group) is 1. The standard InChI is InChI=1S/C34H37AsFN7O3/c1-4-42(24-19-45-20-24)34(2,3)16-22(17-37)33(44)41-14-8-9-23(41)18-43-32-29(31(35)38-21-39-32)30(40-43)27-13-12-26(15-28(27)36)46-25-10-6-5-7-11-25/h5-7,10-13,15-16,21,23-24H,4,8-9,14,18-20,35H2,1-3H3. The van der Waals surface area contributed by atoms with Crippen LogP contribution >= 0.6 is 0 Å². The van der Waals surface area contributed by atoms with Gasteiger partial charge in [-0.15, -0.1) is 0 Å². The van der Waals surface area contributed by atoms with Gasteiger partial charge in [0.2, 0.25) is 0 Å². The summed E-state index contributed by atoms with van der Waals surface area (Å²) in [4.78, 5) is 26.8. The molecular formula is C34H37AsFN7O3. The molecule has 0 bridgehead atoms. The molecular weight excluding hydrogens is 648 g/mol. The van der Waals surface area contributed by atoms with Gasteiger partial charge in [-0.25, -0.2) is 0 Å². The number of carbonyl (C=O) groups excluding carboxylic acids is 1. The summed E-state index contributed by atoms with van der Waals surface area (Å²) in [6, 6.07) is 16.2. The first-order valence-corrected chi connectivity index (χ1v) is 16.7. The maximum atomic E-state index is 15.6. The van der Waals surface area contributed by atoms with E-state index < -0.39 is 11.4 Å². The Morgan fingerprint density at radius 2 is 2.00 bits per heavy atom. The topological polar surface area (TPSA) is 109 Å². The van der Waals surface area contributed by atoms with Crippen LogP contribution in [0.3, 0.4) is 0 Å². The molecule has 1 amide bonds. The Labute approximate surface area is 276 Å². The first-order chi connectivity index (χ1) is 22.2. The van der Waals surface area contributed by atoms with E-state index in [1.54, 1.807) is 27.8 Å². The Bertz CT molecular complexity index is 1820. The third-order valence-electron chi connectivity index (χ3n) is 8.75. The number of hydrogen-bond donors (Lipinski definition) is 0. The van der Waals surface area contributed by atoms with Crippen LogP contribution in [0.4, 0.5) is 4.39 Å². The number of halogens is 1. The number of para-hydroxylation sites is 1. The molecule has 4 aromatic rings. The second kappa shape index (κ2) is 13.3. The van der Waals surface area contributed by atoms with Crippen molar-refractivity contribution >= 4 is 38.3 Å². The van der Waals surface area contributed by atoms with E-state index >= 15 is 4.39 Å². The zero-order valence-electron chi connectivity index (χ0n) is 26.2. The zero-order valence-corrected chi connectivity index (χ0v) is 28.6. The molecule has 4 heterocycles. The van der Waals surface area contributed by atoms with Gasteiger partial charge < -0.3 is 4.74 Å². The van der Waals surface area contributed by atoms with E-state index in [2.05, 4.69) is 27.9 Å². The molecule has 2 atom stereocenters. The zero-order chi connectivity index (χ0) is 32.4. The molecule has 6 rings (SSSR count). The molecule has 2 unspecified atom stereocenters. The first kappa shape index (κ1) is 31.9. The fourth-order valence-electron chi connectivity index (χ4n) is 6.49. The molecule has 238 valence electrons. The molecule has 2 fully saturated rings. The van der Waals surface area contributed by atoms with Crippen LogP contribution in [0.2, 0.25) is 0 Å². The van der Waals surface area contributed by atoms with Gasteiger partial charge in [-0.05, 0) is 6.54 Å². The van der Waals surface area contributed by atoms with Crippen molar-refractivity contribution in [3.8, 4) is 28.8 Å². The minimum absolute atomic E-state index is 0.127. The summed E-state index contributed by atoms with van der Waals surface area (Å²) in [5, 5.41) is 15.6. The number of amides is 1. The van der Waals surface area contributed by atoms with Crippen LogP contribution in [0.5, 0.6) is 11.5 Å². The Morgan fingerprint density at radius 1 is 1.22 bits per heavy atom. The predicted octanol–water partition coefficient (Wildman–Crippen LogP) is 3.62. The average molecular weight is 686 g/mol. The average Bonchev–Trinajstić information content (AvgIpc) is 3.63. The summed E-state index contributed by atoms with van der Waals surface area (Å²) >= 11 is 1.29. The number of likely N-dealkylation sites (tertiary alicyclic amines) is 1. The molecule has 2 saturated heterocycles. The number of nitriles is 1. The number of hydrogen-bond acceptors (Lipinski definition) is 8. The van der Waals surface area contributed by atoms with E-state index in [0.717, 1.165) is 23.9 Å². The second-order valence-electron chi connectivity index (χ2n) is 12.1. The quantitative estimate of drug-likeness (QED) is 0.142. The number of nitrogens with zero attached hydrogens (tertiary/aromatic N) is 7. The number of benzene rings is 2. The normalized spacial score (nSPS) is 17.4. The predicted molar refractivity (Wildman–Crippen MR) is 175 cm³/mol. The van der Waals surface area contributed by atoms with Crippen LogP contribution in [-0.4, -0.2) is 96.2 Å². The molecule has 2 aromatic heterocycles. The Balaban J connectivity index is 1.27. The molecule has 2 aliphatic rings. The molecule has 0 N–H and O–H groups in total. The van der Waals surface area contributed by atoms with Gasteiger partial charge in [-0.1, -0.05) is 6.92 Å². The monoisotopic (exact) mass is 685 g/mol. The molecule has 46 heavy (non-hydrogen) atoms. The van der Waals surface area contributed by atoms with E-state index in [-0.39, 0.29) is 23.6 Å². The van der Waals surface area contributed by atoms with Crippen LogP contribution in [0, 0.1) is 17.1 Å². The van der Waals surface area contributed by atoms with Crippen LogP contribution < -0.4 is 9.22 Å². The van der Waals surface area contributed by atoms with Gasteiger partial charge in [0.25, 0.3) is 0 Å². The van der Waals surface area contributed by atoms with Crippen LogP contribution in [0.1, 0.15) is 33.6 Å². The Morgan fingerprint density at radius 3 is 2.67 bits per heavy atom. The Kier molecular flexibility index (Phi) is 9.23. The summed E-state index contributed by atoms with van der Waals surface area (Å²) in [6.07, 6.45) is 4.83. The molecule has 2 aromatic carbocycles. The number of aromatic nitrogens is 4. The molecule has 0 spiro atoms. The SMILES string of the molecule is CCN(C1COC1)C(C)(C)C=C(C#N)C(=O)N1CCCC1Cn1nc(-c2ccc(Oc3ccccc3)cc2F)c2c([AsH2])ncnc21. The van der Waals surface area contributed by atoms with Gasteiger partial charge in [0.15, 0.2) is 0 Å². The third-order valence-corrected chi connectivity index (χ3v) is 9.66. The van der Waals surface area contributed by atoms with Gasteiger partial charge in [0.05, 0.1) is 19.3 Å². The minimum atomic E-state index is -0.506. The maximum absolute atomic E-state index is 15.6. The Hall–Kier alpha value is -4.10. The molecule has 2 aliphatic heterocycles. The summed E-state index contributed by atoms with van der Waals surface area (Å²) < 4.78 is 29.3. The number of fused-ring (bicyclic) bond motifs is 1. The van der Waals surface area contributed by atoms with Crippen molar-refractivity contribution in [1.29, 1.82) is 5.26 Å².